The fourth-order valence-corrected chi connectivity index (χ4v) is 2.21. The summed E-state index contributed by atoms with van der Waals surface area (Å²) in [5.74, 6) is 0. The topological polar surface area (TPSA) is 88.9 Å². The van der Waals surface area contributed by atoms with Gasteiger partial charge in [-0.3, -0.25) is 14.9 Å². The zero-order valence-electron chi connectivity index (χ0n) is 12.2. The zero-order valence-corrected chi connectivity index (χ0v) is 12.2. The average molecular weight is 297 g/mol. The largest absolute Gasteiger partial charge is 0.307 e. The third-order valence-electron chi connectivity index (χ3n) is 3.40. The lowest BCUT2D eigenvalue weighted by atomic mass is 10.1. The lowest BCUT2D eigenvalue weighted by Crippen LogP contribution is -2.24. The van der Waals surface area contributed by atoms with Gasteiger partial charge in [-0.15, -0.1) is 0 Å². The molecule has 6 heteroatoms. The first kappa shape index (κ1) is 15.4. The predicted octanol–water partition coefficient (Wildman–Crippen LogP) is 3.10. The Morgan fingerprint density at radius 3 is 2.45 bits per heavy atom. The molecule has 112 valence electrons. The summed E-state index contributed by atoms with van der Waals surface area (Å²) in [6.45, 7) is 2.53. The highest BCUT2D eigenvalue weighted by Gasteiger charge is 2.11. The minimum atomic E-state index is -0.466. The molecule has 0 unspecified atom stereocenters. The summed E-state index contributed by atoms with van der Waals surface area (Å²) >= 11 is 0. The second kappa shape index (κ2) is 6.68. The number of nitrogens with zero attached hydrogens (tertiary/aromatic N) is 3. The number of rotatable bonds is 5. The van der Waals surface area contributed by atoms with Crippen molar-refractivity contribution >= 4 is 5.69 Å². The van der Waals surface area contributed by atoms with E-state index in [4.69, 9.17) is 5.26 Å². The number of benzene rings is 1. The van der Waals surface area contributed by atoms with Crippen LogP contribution in [-0.4, -0.2) is 9.49 Å². The van der Waals surface area contributed by atoms with Crippen molar-refractivity contribution in [2.24, 2.45) is 0 Å². The molecule has 0 saturated carbocycles. The van der Waals surface area contributed by atoms with E-state index in [9.17, 15) is 14.9 Å². The molecule has 0 aliphatic heterocycles. The van der Waals surface area contributed by atoms with E-state index in [1.165, 1.54) is 18.2 Å². The quantitative estimate of drug-likeness (QED) is 0.626. The molecule has 2 aromatic rings. The molecule has 2 rings (SSSR count). The van der Waals surface area contributed by atoms with Crippen molar-refractivity contribution in [2.45, 2.75) is 26.3 Å². The molecular weight excluding hydrogens is 282 g/mol. The van der Waals surface area contributed by atoms with E-state index in [1.807, 2.05) is 13.0 Å². The number of aromatic nitrogens is 1. The van der Waals surface area contributed by atoms with Gasteiger partial charge in [-0.1, -0.05) is 13.3 Å². The number of nitro benzene ring substituents is 1. The van der Waals surface area contributed by atoms with Crippen LogP contribution in [0.1, 0.15) is 25.3 Å². The van der Waals surface area contributed by atoms with Crippen molar-refractivity contribution in [3.63, 3.8) is 0 Å². The van der Waals surface area contributed by atoms with Crippen LogP contribution in [0.25, 0.3) is 11.3 Å². The van der Waals surface area contributed by atoms with Gasteiger partial charge in [-0.05, 0) is 36.2 Å². The Morgan fingerprint density at radius 2 is 1.91 bits per heavy atom. The molecule has 0 amide bonds. The molecule has 0 bridgehead atoms. The van der Waals surface area contributed by atoms with Gasteiger partial charge in [-0.25, -0.2) is 0 Å². The van der Waals surface area contributed by atoms with Crippen molar-refractivity contribution in [1.29, 1.82) is 5.26 Å². The van der Waals surface area contributed by atoms with Gasteiger partial charge in [0.15, 0.2) is 0 Å². The number of nitriles is 1. The number of pyridine rings is 1. The standard InChI is InChI=1S/C16H15N3O3/c1-2-3-10-18-15(9-6-13(11-17)16(18)20)12-4-7-14(8-5-12)19(21)22/h4-9H,2-3,10H2,1H3. The van der Waals surface area contributed by atoms with Crippen molar-refractivity contribution in [3.8, 4) is 17.3 Å². The Bertz CT molecular complexity index is 786. The third-order valence-corrected chi connectivity index (χ3v) is 3.40. The maximum atomic E-state index is 12.3. The summed E-state index contributed by atoms with van der Waals surface area (Å²) in [6.07, 6.45) is 1.73. The van der Waals surface area contributed by atoms with Gasteiger partial charge in [0.05, 0.1) is 10.6 Å². The first-order valence-electron chi connectivity index (χ1n) is 6.97. The molecule has 0 N–H and O–H groups in total. The molecule has 0 radical (unpaired) electrons. The summed E-state index contributed by atoms with van der Waals surface area (Å²) in [5, 5.41) is 19.7. The second-order valence-electron chi connectivity index (χ2n) is 4.86. The lowest BCUT2D eigenvalue weighted by molar-refractivity contribution is -0.384. The molecule has 0 atom stereocenters. The van der Waals surface area contributed by atoms with Gasteiger partial charge < -0.3 is 4.57 Å². The smallest absolute Gasteiger partial charge is 0.269 e. The molecule has 0 spiro atoms. The highest BCUT2D eigenvalue weighted by molar-refractivity contribution is 5.62. The van der Waals surface area contributed by atoms with Crippen LogP contribution in [0, 0.1) is 21.4 Å². The highest BCUT2D eigenvalue weighted by atomic mass is 16.6. The van der Waals surface area contributed by atoms with E-state index in [1.54, 1.807) is 22.8 Å². The fourth-order valence-electron chi connectivity index (χ4n) is 2.21. The van der Waals surface area contributed by atoms with E-state index in [0.29, 0.717) is 17.8 Å². The number of unbranched alkanes of at least 4 members (excludes halogenated alkanes) is 1. The first-order valence-corrected chi connectivity index (χ1v) is 6.97. The summed E-state index contributed by atoms with van der Waals surface area (Å²) in [5.41, 5.74) is 1.14. The van der Waals surface area contributed by atoms with E-state index in [2.05, 4.69) is 0 Å². The average Bonchev–Trinajstić information content (AvgIpc) is 2.53. The summed E-state index contributed by atoms with van der Waals surface area (Å²) in [4.78, 5) is 22.6. The predicted molar refractivity (Wildman–Crippen MR) is 82.4 cm³/mol. The van der Waals surface area contributed by atoms with Crippen LogP contribution in [0.4, 0.5) is 5.69 Å². The Morgan fingerprint density at radius 1 is 1.23 bits per heavy atom. The number of nitro groups is 1. The van der Waals surface area contributed by atoms with Crippen LogP contribution in [0.3, 0.4) is 0 Å². The third kappa shape index (κ3) is 3.04. The van der Waals surface area contributed by atoms with Crippen molar-refractivity contribution in [2.75, 3.05) is 0 Å². The van der Waals surface area contributed by atoms with Crippen LogP contribution in [0.2, 0.25) is 0 Å². The highest BCUT2D eigenvalue weighted by Crippen LogP contribution is 2.22. The van der Waals surface area contributed by atoms with Crippen LogP contribution in [0.15, 0.2) is 41.2 Å². The van der Waals surface area contributed by atoms with Crippen LogP contribution in [0.5, 0.6) is 0 Å². The summed E-state index contributed by atoms with van der Waals surface area (Å²) in [7, 11) is 0. The maximum Gasteiger partial charge on any atom is 0.269 e. The molecule has 0 aliphatic rings. The molecule has 22 heavy (non-hydrogen) atoms. The first-order chi connectivity index (χ1) is 10.6. The van der Waals surface area contributed by atoms with Gasteiger partial charge in [0.25, 0.3) is 11.2 Å². The zero-order chi connectivity index (χ0) is 16.1. The van der Waals surface area contributed by atoms with Gasteiger partial charge in [0, 0.05) is 18.7 Å². The van der Waals surface area contributed by atoms with E-state index in [0.717, 1.165) is 12.8 Å². The maximum absolute atomic E-state index is 12.3. The Hall–Kier alpha value is -2.94. The molecule has 1 aromatic heterocycles. The minimum absolute atomic E-state index is 0.000139. The molecule has 0 aliphatic carbocycles. The Kier molecular flexibility index (Phi) is 4.69. The molecule has 0 fully saturated rings. The molecule has 1 aromatic carbocycles. The lowest BCUT2D eigenvalue weighted by Gasteiger charge is -2.13. The van der Waals surface area contributed by atoms with Gasteiger partial charge in [-0.2, -0.15) is 5.26 Å². The Balaban J connectivity index is 2.54. The normalized spacial score (nSPS) is 10.2. The van der Waals surface area contributed by atoms with Gasteiger partial charge in [0.2, 0.25) is 0 Å². The number of hydrogen-bond acceptors (Lipinski definition) is 4. The van der Waals surface area contributed by atoms with Crippen molar-refractivity contribution in [3.05, 3.63) is 62.4 Å². The minimum Gasteiger partial charge on any atom is -0.307 e. The van der Waals surface area contributed by atoms with E-state index < -0.39 is 4.92 Å². The molecule has 1 heterocycles. The van der Waals surface area contributed by atoms with E-state index >= 15 is 0 Å². The Labute approximate surface area is 127 Å². The van der Waals surface area contributed by atoms with Crippen molar-refractivity contribution in [1.82, 2.24) is 4.57 Å². The van der Waals surface area contributed by atoms with Gasteiger partial charge in [0.1, 0.15) is 11.6 Å². The monoisotopic (exact) mass is 297 g/mol. The number of hydrogen-bond donors (Lipinski definition) is 0. The van der Waals surface area contributed by atoms with Gasteiger partial charge >= 0.3 is 0 Å². The summed E-state index contributed by atoms with van der Waals surface area (Å²) in [6, 6.07) is 11.1. The van der Waals surface area contributed by atoms with Crippen LogP contribution >= 0.6 is 0 Å². The van der Waals surface area contributed by atoms with Crippen molar-refractivity contribution < 1.29 is 4.92 Å². The van der Waals surface area contributed by atoms with Crippen LogP contribution < -0.4 is 5.56 Å². The second-order valence-corrected chi connectivity index (χ2v) is 4.86. The fraction of sp³-hybridized carbons (Fsp3) is 0.250. The van der Waals surface area contributed by atoms with Crippen LogP contribution in [-0.2, 0) is 6.54 Å². The molecule has 0 saturated heterocycles. The van der Waals surface area contributed by atoms with E-state index in [-0.39, 0.29) is 16.8 Å². The summed E-state index contributed by atoms with van der Waals surface area (Å²) < 4.78 is 1.56. The molecular formula is C16H15N3O3. The SMILES string of the molecule is CCCCn1c(-c2ccc([N+](=O)[O-])cc2)ccc(C#N)c1=O. The molecule has 6 nitrogen and oxygen atoms in total. The number of non-ortho nitro benzene ring substituents is 1.